The number of aromatic nitrogens is 1. The normalized spacial score (nSPS) is 11.0. The highest BCUT2D eigenvalue weighted by Gasteiger charge is 2.40. The Morgan fingerprint density at radius 3 is 2.21 bits per heavy atom. The van der Waals surface area contributed by atoms with Crippen LogP contribution in [0.3, 0.4) is 0 Å². The molecular formula is C17H17F3N2O5S. The number of nitrogens with one attached hydrogen (secondary N) is 1. The number of carbonyl (C=O) groups is 2. The lowest BCUT2D eigenvalue weighted by atomic mass is 10.3. The van der Waals surface area contributed by atoms with Crippen LogP contribution in [0.1, 0.15) is 29.2 Å². The molecule has 0 unspecified atom stereocenters. The van der Waals surface area contributed by atoms with Gasteiger partial charge in [-0.15, -0.1) is 0 Å². The first kappa shape index (κ1) is 21.5. The highest BCUT2D eigenvalue weighted by molar-refractivity contribution is 7.17. The van der Waals surface area contributed by atoms with E-state index >= 15 is 0 Å². The van der Waals surface area contributed by atoms with Crippen molar-refractivity contribution in [3.05, 3.63) is 34.8 Å². The summed E-state index contributed by atoms with van der Waals surface area (Å²) < 4.78 is 54.3. The third-order valence-electron chi connectivity index (χ3n) is 3.11. The maximum Gasteiger partial charge on any atom is 0.435 e. The Bertz CT molecular complexity index is 821. The topological polar surface area (TPSA) is 86.8 Å². The molecule has 1 amide bonds. The zero-order valence-corrected chi connectivity index (χ0v) is 15.8. The van der Waals surface area contributed by atoms with E-state index in [2.05, 4.69) is 15.0 Å². The first-order valence-electron chi connectivity index (χ1n) is 8.15. The fraction of sp³-hybridized carbons (Fsp3) is 0.353. The van der Waals surface area contributed by atoms with Gasteiger partial charge in [0.1, 0.15) is 16.4 Å². The molecule has 0 spiro atoms. The van der Waals surface area contributed by atoms with Gasteiger partial charge < -0.3 is 14.2 Å². The van der Waals surface area contributed by atoms with E-state index in [-0.39, 0.29) is 11.7 Å². The van der Waals surface area contributed by atoms with E-state index < -0.39 is 35.2 Å². The van der Waals surface area contributed by atoms with Crippen molar-refractivity contribution in [1.29, 1.82) is 0 Å². The quantitative estimate of drug-likeness (QED) is 0.657. The van der Waals surface area contributed by atoms with Crippen LogP contribution in [0.15, 0.2) is 24.3 Å². The number of carbonyl (C=O) groups excluding carboxylic acids is 2. The molecule has 0 bridgehead atoms. The number of nitrogens with zero attached hydrogens (tertiary/aromatic N) is 1. The fourth-order valence-corrected chi connectivity index (χ4v) is 2.90. The van der Waals surface area contributed by atoms with Crippen LogP contribution >= 0.6 is 11.3 Å². The van der Waals surface area contributed by atoms with Crippen molar-refractivity contribution >= 4 is 28.3 Å². The minimum Gasteiger partial charge on any atom is -0.494 e. The second-order valence-corrected chi connectivity index (χ2v) is 6.16. The number of amides is 1. The molecule has 28 heavy (non-hydrogen) atoms. The molecule has 0 saturated heterocycles. The zero-order valence-electron chi connectivity index (χ0n) is 15.0. The fourth-order valence-electron chi connectivity index (χ4n) is 2.00. The Balaban J connectivity index is 2.02. The van der Waals surface area contributed by atoms with Crippen molar-refractivity contribution in [2.45, 2.75) is 20.0 Å². The molecule has 1 aromatic carbocycles. The highest BCUT2D eigenvalue weighted by Crippen LogP contribution is 2.36. The molecule has 152 valence electrons. The van der Waals surface area contributed by atoms with Crippen molar-refractivity contribution in [1.82, 2.24) is 4.98 Å². The van der Waals surface area contributed by atoms with Gasteiger partial charge in [0.15, 0.2) is 17.4 Å². The largest absolute Gasteiger partial charge is 0.494 e. The molecule has 0 radical (unpaired) electrons. The lowest BCUT2D eigenvalue weighted by Crippen LogP contribution is -2.20. The van der Waals surface area contributed by atoms with Gasteiger partial charge in [-0.25, -0.2) is 9.78 Å². The first-order valence-corrected chi connectivity index (χ1v) is 8.96. The summed E-state index contributed by atoms with van der Waals surface area (Å²) in [6.07, 6.45) is -4.86. The number of alkyl halides is 3. The van der Waals surface area contributed by atoms with Gasteiger partial charge in [-0.2, -0.15) is 13.2 Å². The first-order chi connectivity index (χ1) is 13.2. The molecule has 0 aliphatic rings. The lowest BCUT2D eigenvalue weighted by molar-refractivity contribution is -0.141. The van der Waals surface area contributed by atoms with Gasteiger partial charge in [0.2, 0.25) is 0 Å². The summed E-state index contributed by atoms with van der Waals surface area (Å²) in [5.41, 5.74) is -1.40. The lowest BCUT2D eigenvalue weighted by Gasteiger charge is -2.07. The molecule has 0 aliphatic heterocycles. The van der Waals surface area contributed by atoms with Gasteiger partial charge in [0.05, 0.1) is 13.2 Å². The van der Waals surface area contributed by atoms with Crippen LogP contribution in [0.2, 0.25) is 0 Å². The van der Waals surface area contributed by atoms with Crippen LogP contribution in [0.5, 0.6) is 11.5 Å². The summed E-state index contributed by atoms with van der Waals surface area (Å²) >= 11 is 0.382. The Kier molecular flexibility index (Phi) is 7.21. The number of hydrogen-bond acceptors (Lipinski definition) is 7. The molecule has 1 N–H and O–H groups in total. The maximum atomic E-state index is 13.0. The molecule has 1 heterocycles. The molecule has 2 aromatic rings. The summed E-state index contributed by atoms with van der Waals surface area (Å²) in [5.74, 6) is -0.876. The molecule has 0 atom stereocenters. The number of anilines is 1. The monoisotopic (exact) mass is 418 g/mol. The predicted molar refractivity (Wildman–Crippen MR) is 94.8 cm³/mol. The smallest absolute Gasteiger partial charge is 0.435 e. The van der Waals surface area contributed by atoms with Gasteiger partial charge in [0.25, 0.3) is 5.91 Å². The standard InChI is InChI=1S/C17H17F3N2O5S/c1-3-25-10-5-7-11(8-6-10)27-9-12(23)21-16-22-14(17(18,19)20)13(28-16)15(24)26-4-2/h5-8H,3-4,9H2,1-2H3,(H,21,22,23). The van der Waals surface area contributed by atoms with Crippen LogP contribution < -0.4 is 14.8 Å². The molecule has 2 rings (SSSR count). The van der Waals surface area contributed by atoms with E-state index in [0.717, 1.165) is 0 Å². The van der Waals surface area contributed by atoms with Crippen molar-refractivity contribution in [3.8, 4) is 11.5 Å². The summed E-state index contributed by atoms with van der Waals surface area (Å²) in [5, 5.41) is 1.81. The summed E-state index contributed by atoms with van der Waals surface area (Å²) in [6.45, 7) is 3.26. The Hall–Kier alpha value is -2.82. The van der Waals surface area contributed by atoms with Gasteiger partial charge >= 0.3 is 12.1 Å². The number of benzene rings is 1. The molecule has 0 fully saturated rings. The maximum absolute atomic E-state index is 13.0. The molecule has 0 aliphatic carbocycles. The highest BCUT2D eigenvalue weighted by atomic mass is 32.1. The van der Waals surface area contributed by atoms with E-state index in [4.69, 9.17) is 9.47 Å². The van der Waals surface area contributed by atoms with Crippen LogP contribution in [0, 0.1) is 0 Å². The SMILES string of the molecule is CCOC(=O)c1sc(NC(=O)COc2ccc(OCC)cc2)nc1C(F)(F)F. The third-order valence-corrected chi connectivity index (χ3v) is 4.06. The average molecular weight is 418 g/mol. The van der Waals surface area contributed by atoms with Gasteiger partial charge in [-0.1, -0.05) is 11.3 Å². The summed E-state index contributed by atoms with van der Waals surface area (Å²) in [6, 6.07) is 6.47. The second-order valence-electron chi connectivity index (χ2n) is 5.16. The van der Waals surface area contributed by atoms with Crippen molar-refractivity contribution in [2.75, 3.05) is 25.1 Å². The van der Waals surface area contributed by atoms with Crippen molar-refractivity contribution in [2.24, 2.45) is 0 Å². The van der Waals surface area contributed by atoms with E-state index in [0.29, 0.717) is 29.4 Å². The molecule has 11 heteroatoms. The number of ether oxygens (including phenoxy) is 3. The number of esters is 1. The minimum absolute atomic E-state index is 0.0916. The van der Waals surface area contributed by atoms with E-state index in [9.17, 15) is 22.8 Å². The molecular weight excluding hydrogens is 401 g/mol. The van der Waals surface area contributed by atoms with Crippen LogP contribution in [0.4, 0.5) is 18.3 Å². The summed E-state index contributed by atoms with van der Waals surface area (Å²) in [4.78, 5) is 26.2. The minimum atomic E-state index is -4.86. The van der Waals surface area contributed by atoms with E-state index in [1.54, 1.807) is 24.3 Å². The Morgan fingerprint density at radius 2 is 1.68 bits per heavy atom. The number of thiazole rings is 1. The van der Waals surface area contributed by atoms with Gasteiger partial charge in [0, 0.05) is 0 Å². The third kappa shape index (κ3) is 5.84. The molecule has 7 nitrogen and oxygen atoms in total. The zero-order chi connectivity index (χ0) is 20.7. The van der Waals surface area contributed by atoms with Crippen LogP contribution in [-0.4, -0.2) is 36.7 Å². The van der Waals surface area contributed by atoms with Crippen LogP contribution in [0.25, 0.3) is 0 Å². The average Bonchev–Trinajstić information content (AvgIpc) is 3.06. The van der Waals surface area contributed by atoms with Crippen molar-refractivity contribution < 1.29 is 37.0 Å². The predicted octanol–water partition coefficient (Wildman–Crippen LogP) is 3.75. The number of hydrogen-bond donors (Lipinski definition) is 1. The van der Waals surface area contributed by atoms with E-state index in [1.165, 1.54) is 6.92 Å². The van der Waals surface area contributed by atoms with E-state index in [1.807, 2.05) is 6.92 Å². The van der Waals surface area contributed by atoms with Crippen LogP contribution in [-0.2, 0) is 15.7 Å². The van der Waals surface area contributed by atoms with Crippen molar-refractivity contribution in [3.63, 3.8) is 0 Å². The number of rotatable bonds is 8. The van der Waals surface area contributed by atoms with Gasteiger partial charge in [-0.05, 0) is 38.1 Å². The second kappa shape index (κ2) is 9.40. The Labute approximate surface area is 162 Å². The van der Waals surface area contributed by atoms with Gasteiger partial charge in [-0.3, -0.25) is 10.1 Å². The molecule has 1 aromatic heterocycles. The summed E-state index contributed by atoms with van der Waals surface area (Å²) in [7, 11) is 0. The molecule has 0 saturated carbocycles. The Morgan fingerprint density at radius 1 is 1.07 bits per heavy atom. The number of halogens is 3.